The van der Waals surface area contributed by atoms with E-state index in [1.807, 2.05) is 16.8 Å². The third kappa shape index (κ3) is 2.55. The molecule has 0 amide bonds. The van der Waals surface area contributed by atoms with Gasteiger partial charge in [0.15, 0.2) is 11.5 Å². The van der Waals surface area contributed by atoms with Crippen molar-refractivity contribution in [3.63, 3.8) is 0 Å². The van der Waals surface area contributed by atoms with E-state index in [9.17, 15) is 4.39 Å². The number of aromatic nitrogens is 3. The zero-order valence-electron chi connectivity index (χ0n) is 13.0. The van der Waals surface area contributed by atoms with Gasteiger partial charge in [-0.2, -0.15) is 0 Å². The van der Waals surface area contributed by atoms with Crippen molar-refractivity contribution < 1.29 is 4.39 Å². The number of nitrogens with zero attached hydrogens (tertiary/aromatic N) is 5. The number of anilines is 1. The molecule has 1 aliphatic rings. The van der Waals surface area contributed by atoms with Crippen molar-refractivity contribution in [3.8, 4) is 11.3 Å². The van der Waals surface area contributed by atoms with E-state index < -0.39 is 0 Å². The summed E-state index contributed by atoms with van der Waals surface area (Å²) in [7, 11) is 2.13. The Bertz CT molecular complexity index is 819. The molecule has 1 saturated heterocycles. The second kappa shape index (κ2) is 5.62. The highest BCUT2D eigenvalue weighted by molar-refractivity contribution is 5.71. The Morgan fingerprint density at radius 1 is 1.00 bits per heavy atom. The van der Waals surface area contributed by atoms with E-state index in [-0.39, 0.29) is 5.82 Å². The van der Waals surface area contributed by atoms with Crippen LogP contribution in [-0.2, 0) is 0 Å². The van der Waals surface area contributed by atoms with E-state index >= 15 is 0 Å². The first-order valence-electron chi connectivity index (χ1n) is 7.74. The van der Waals surface area contributed by atoms with Crippen LogP contribution < -0.4 is 4.90 Å². The number of hydrogen-bond acceptors (Lipinski definition) is 4. The lowest BCUT2D eigenvalue weighted by molar-refractivity contribution is 0.312. The van der Waals surface area contributed by atoms with Gasteiger partial charge in [0.1, 0.15) is 5.82 Å². The second-order valence-corrected chi connectivity index (χ2v) is 5.89. The molecular formula is C17H18FN5. The van der Waals surface area contributed by atoms with E-state index in [2.05, 4.69) is 26.8 Å². The Morgan fingerprint density at radius 2 is 1.74 bits per heavy atom. The van der Waals surface area contributed by atoms with Crippen molar-refractivity contribution in [2.24, 2.45) is 0 Å². The lowest BCUT2D eigenvalue weighted by Gasteiger charge is -2.33. The fourth-order valence-corrected chi connectivity index (χ4v) is 2.98. The van der Waals surface area contributed by atoms with Gasteiger partial charge in [-0.3, -0.25) is 4.40 Å². The highest BCUT2D eigenvalue weighted by Gasteiger charge is 2.19. The third-order valence-corrected chi connectivity index (χ3v) is 4.35. The minimum Gasteiger partial charge on any atom is -0.351 e. The molecule has 1 aliphatic heterocycles. The van der Waals surface area contributed by atoms with Crippen molar-refractivity contribution in [2.75, 3.05) is 38.1 Å². The number of benzene rings is 1. The summed E-state index contributed by atoms with van der Waals surface area (Å²) in [5.74, 6) is 0.677. The van der Waals surface area contributed by atoms with Gasteiger partial charge in [-0.1, -0.05) is 0 Å². The normalized spacial score (nSPS) is 16.2. The minimum absolute atomic E-state index is 0.234. The first kappa shape index (κ1) is 14.1. The summed E-state index contributed by atoms with van der Waals surface area (Å²) in [4.78, 5) is 13.7. The molecule has 6 heteroatoms. The Kier molecular flexibility index (Phi) is 3.46. The lowest BCUT2D eigenvalue weighted by Crippen LogP contribution is -2.45. The number of fused-ring (bicyclic) bond motifs is 1. The molecule has 0 N–H and O–H groups in total. The summed E-state index contributed by atoms with van der Waals surface area (Å²) in [6, 6.07) is 6.48. The largest absolute Gasteiger partial charge is 0.351 e. The number of piperazine rings is 1. The molecule has 0 spiro atoms. The van der Waals surface area contributed by atoms with Crippen molar-refractivity contribution >= 4 is 11.5 Å². The van der Waals surface area contributed by atoms with Crippen LogP contribution in [0.15, 0.2) is 42.9 Å². The van der Waals surface area contributed by atoms with Gasteiger partial charge < -0.3 is 9.80 Å². The minimum atomic E-state index is -0.234. The fourth-order valence-electron chi connectivity index (χ4n) is 2.98. The van der Waals surface area contributed by atoms with Crippen LogP contribution in [0.3, 0.4) is 0 Å². The Labute approximate surface area is 134 Å². The molecule has 5 nitrogen and oxygen atoms in total. The van der Waals surface area contributed by atoms with E-state index in [0.717, 1.165) is 48.9 Å². The smallest absolute Gasteiger partial charge is 0.180 e. The average molecular weight is 311 g/mol. The first-order chi connectivity index (χ1) is 11.2. The van der Waals surface area contributed by atoms with Crippen LogP contribution in [0.5, 0.6) is 0 Å². The molecule has 0 unspecified atom stereocenters. The number of halogens is 1. The third-order valence-electron chi connectivity index (χ3n) is 4.35. The quantitative estimate of drug-likeness (QED) is 0.727. The summed E-state index contributed by atoms with van der Waals surface area (Å²) in [6.07, 6.45) is 5.53. The van der Waals surface area contributed by atoms with Crippen molar-refractivity contribution in [3.05, 3.63) is 48.7 Å². The molecule has 0 atom stereocenters. The molecule has 1 aromatic carbocycles. The standard InChI is InChI=1S/C17H18FN5/c1-21-8-10-22(11-9-21)16-17-20-12-15(23(17)7-6-19-16)13-2-4-14(18)5-3-13/h2-7,12H,8-11H2,1H3. The van der Waals surface area contributed by atoms with Crippen molar-refractivity contribution in [1.29, 1.82) is 0 Å². The van der Waals surface area contributed by atoms with E-state index in [4.69, 9.17) is 0 Å². The average Bonchev–Trinajstić information content (AvgIpc) is 3.00. The van der Waals surface area contributed by atoms with Crippen LogP contribution in [-0.4, -0.2) is 52.5 Å². The van der Waals surface area contributed by atoms with Gasteiger partial charge in [-0.05, 0) is 31.3 Å². The van der Waals surface area contributed by atoms with Crippen LogP contribution in [0.1, 0.15) is 0 Å². The number of hydrogen-bond donors (Lipinski definition) is 0. The number of rotatable bonds is 2. The summed E-state index contributed by atoms with van der Waals surface area (Å²) >= 11 is 0. The molecule has 23 heavy (non-hydrogen) atoms. The zero-order valence-corrected chi connectivity index (χ0v) is 13.0. The van der Waals surface area contributed by atoms with Gasteiger partial charge in [-0.15, -0.1) is 0 Å². The lowest BCUT2D eigenvalue weighted by atomic mass is 10.2. The molecule has 0 saturated carbocycles. The van der Waals surface area contributed by atoms with Gasteiger partial charge in [0.25, 0.3) is 0 Å². The monoisotopic (exact) mass is 311 g/mol. The molecule has 4 rings (SSSR count). The zero-order chi connectivity index (χ0) is 15.8. The summed E-state index contributed by atoms with van der Waals surface area (Å²) < 4.78 is 15.2. The molecule has 118 valence electrons. The van der Waals surface area contributed by atoms with Gasteiger partial charge in [0.05, 0.1) is 11.9 Å². The second-order valence-electron chi connectivity index (χ2n) is 5.89. The topological polar surface area (TPSA) is 36.7 Å². The summed E-state index contributed by atoms with van der Waals surface area (Å²) in [5.41, 5.74) is 2.73. The Hall–Kier alpha value is -2.47. The van der Waals surface area contributed by atoms with E-state index in [0.29, 0.717) is 0 Å². The first-order valence-corrected chi connectivity index (χ1v) is 7.74. The maximum absolute atomic E-state index is 13.1. The molecule has 3 heterocycles. The highest BCUT2D eigenvalue weighted by Crippen LogP contribution is 2.25. The van der Waals surface area contributed by atoms with E-state index in [1.165, 1.54) is 12.1 Å². The molecule has 2 aromatic heterocycles. The van der Waals surface area contributed by atoms with Crippen molar-refractivity contribution in [1.82, 2.24) is 19.3 Å². The van der Waals surface area contributed by atoms with E-state index in [1.54, 1.807) is 18.3 Å². The SMILES string of the molecule is CN1CCN(c2nccn3c(-c4ccc(F)cc4)cnc23)CC1. The molecule has 0 aliphatic carbocycles. The molecule has 0 bridgehead atoms. The summed E-state index contributed by atoms with van der Waals surface area (Å²) in [5, 5.41) is 0. The Balaban J connectivity index is 1.76. The van der Waals surface area contributed by atoms with Crippen LogP contribution in [0.25, 0.3) is 16.9 Å². The molecular weight excluding hydrogens is 293 g/mol. The molecule has 3 aromatic rings. The van der Waals surface area contributed by atoms with Crippen LogP contribution in [0, 0.1) is 5.82 Å². The predicted octanol–water partition coefficient (Wildman–Crippen LogP) is 2.29. The summed E-state index contributed by atoms with van der Waals surface area (Å²) in [6.45, 7) is 3.94. The fraction of sp³-hybridized carbons (Fsp3) is 0.294. The van der Waals surface area contributed by atoms with Crippen LogP contribution in [0.4, 0.5) is 10.2 Å². The Morgan fingerprint density at radius 3 is 2.48 bits per heavy atom. The maximum Gasteiger partial charge on any atom is 0.180 e. The van der Waals surface area contributed by atoms with Gasteiger partial charge in [-0.25, -0.2) is 14.4 Å². The predicted molar refractivity (Wildman–Crippen MR) is 88.1 cm³/mol. The van der Waals surface area contributed by atoms with Crippen molar-refractivity contribution in [2.45, 2.75) is 0 Å². The van der Waals surface area contributed by atoms with Gasteiger partial charge >= 0.3 is 0 Å². The van der Waals surface area contributed by atoms with Crippen LogP contribution in [0.2, 0.25) is 0 Å². The van der Waals surface area contributed by atoms with Crippen LogP contribution >= 0.6 is 0 Å². The number of likely N-dealkylation sites (N-methyl/N-ethyl adjacent to an activating group) is 1. The van der Waals surface area contributed by atoms with Gasteiger partial charge in [0, 0.05) is 44.1 Å². The number of imidazole rings is 1. The highest BCUT2D eigenvalue weighted by atomic mass is 19.1. The van der Waals surface area contributed by atoms with Gasteiger partial charge in [0.2, 0.25) is 0 Å². The molecule has 0 radical (unpaired) electrons. The molecule has 1 fully saturated rings. The maximum atomic E-state index is 13.1.